The fourth-order valence-electron chi connectivity index (χ4n) is 6.30. The summed E-state index contributed by atoms with van der Waals surface area (Å²) in [7, 11) is 1.65. The molecule has 7 heteroatoms. The predicted molar refractivity (Wildman–Crippen MR) is 150 cm³/mol. The third kappa shape index (κ3) is 5.84. The molecule has 212 valence electrons. The number of benzene rings is 2. The molecule has 1 aliphatic carbocycles. The maximum Gasteiger partial charge on any atom is 0.326 e. The van der Waals surface area contributed by atoms with Crippen LogP contribution in [0.1, 0.15) is 77.1 Å². The van der Waals surface area contributed by atoms with Crippen LogP contribution in [0, 0.1) is 17.3 Å². The zero-order valence-corrected chi connectivity index (χ0v) is 24.2. The number of carbonyl (C=O) groups excluding carboxylic acids is 1. The molecule has 2 aromatic rings. The predicted octanol–water partition coefficient (Wildman–Crippen LogP) is 5.90. The van der Waals surface area contributed by atoms with Gasteiger partial charge in [-0.05, 0) is 40.9 Å². The second kappa shape index (κ2) is 10.9. The van der Waals surface area contributed by atoms with Gasteiger partial charge in [0.2, 0.25) is 5.91 Å². The number of carboxylic acid groups (broad SMARTS) is 1. The second-order valence-electron chi connectivity index (χ2n) is 13.2. The number of hydrogen-bond donors (Lipinski definition) is 2. The van der Waals surface area contributed by atoms with Crippen LogP contribution in [-0.4, -0.2) is 47.2 Å². The van der Waals surface area contributed by atoms with Crippen LogP contribution in [0.25, 0.3) is 0 Å². The lowest BCUT2D eigenvalue weighted by Gasteiger charge is -2.38. The van der Waals surface area contributed by atoms with Crippen molar-refractivity contribution in [1.29, 1.82) is 0 Å². The van der Waals surface area contributed by atoms with E-state index in [0.717, 1.165) is 16.9 Å². The van der Waals surface area contributed by atoms with Crippen LogP contribution in [0.15, 0.2) is 48.5 Å². The number of methoxy groups -OCH3 is 1. The van der Waals surface area contributed by atoms with E-state index in [0.29, 0.717) is 6.54 Å². The number of ether oxygens (including phenoxy) is 1. The van der Waals surface area contributed by atoms with Crippen LogP contribution in [-0.2, 0) is 21.5 Å². The summed E-state index contributed by atoms with van der Waals surface area (Å²) in [6, 6.07) is 13.9. The van der Waals surface area contributed by atoms with E-state index in [4.69, 9.17) is 4.74 Å². The second-order valence-corrected chi connectivity index (χ2v) is 13.2. The highest BCUT2D eigenvalue weighted by Gasteiger charge is 2.59. The molecule has 1 aliphatic heterocycles. The van der Waals surface area contributed by atoms with Crippen molar-refractivity contribution in [2.75, 3.05) is 7.11 Å². The van der Waals surface area contributed by atoms with Crippen LogP contribution in [0.5, 0.6) is 5.75 Å². The smallest absolute Gasteiger partial charge is 0.326 e. The quantitative estimate of drug-likeness (QED) is 0.459. The number of hydrogen-bond acceptors (Lipinski definition) is 4. The molecule has 39 heavy (non-hydrogen) atoms. The van der Waals surface area contributed by atoms with E-state index in [1.54, 1.807) is 12.0 Å². The molecule has 4 rings (SSSR count). The van der Waals surface area contributed by atoms with Crippen molar-refractivity contribution in [3.63, 3.8) is 0 Å². The third-order valence-corrected chi connectivity index (χ3v) is 8.42. The molecule has 0 unspecified atom stereocenters. The number of amides is 1. The summed E-state index contributed by atoms with van der Waals surface area (Å²) in [5, 5.41) is 14.2. The Labute approximate surface area is 231 Å². The number of likely N-dealkylation sites (tertiary alicyclic amines) is 1. The average Bonchev–Trinajstić information content (AvgIpc) is 3.21. The van der Waals surface area contributed by atoms with E-state index < -0.39 is 41.5 Å². The van der Waals surface area contributed by atoms with Crippen molar-refractivity contribution >= 4 is 11.9 Å². The van der Waals surface area contributed by atoms with E-state index in [-0.39, 0.29) is 30.2 Å². The molecule has 6 nitrogen and oxygen atoms in total. The van der Waals surface area contributed by atoms with Crippen molar-refractivity contribution in [3.8, 4) is 5.75 Å². The van der Waals surface area contributed by atoms with Gasteiger partial charge in [0.15, 0.2) is 0 Å². The molecule has 1 saturated carbocycles. The summed E-state index contributed by atoms with van der Waals surface area (Å²) in [6.45, 7) is 13.0. The van der Waals surface area contributed by atoms with Crippen molar-refractivity contribution in [2.24, 2.45) is 17.3 Å². The van der Waals surface area contributed by atoms with E-state index in [1.165, 1.54) is 5.56 Å². The number of carbonyl (C=O) groups is 2. The molecule has 0 radical (unpaired) electrons. The molecular formula is C32H43FN2O4. The molecule has 1 saturated heterocycles. The Kier molecular flexibility index (Phi) is 8.13. The zero-order chi connectivity index (χ0) is 28.7. The Bertz CT molecular complexity index is 1180. The highest BCUT2D eigenvalue weighted by atomic mass is 19.1. The first-order chi connectivity index (χ1) is 18.2. The summed E-state index contributed by atoms with van der Waals surface area (Å²) < 4.78 is 19.5. The van der Waals surface area contributed by atoms with Gasteiger partial charge in [0.1, 0.15) is 18.0 Å². The summed E-state index contributed by atoms with van der Waals surface area (Å²) in [5.74, 6) is -1.44. The van der Waals surface area contributed by atoms with Crippen molar-refractivity contribution in [3.05, 3.63) is 65.2 Å². The van der Waals surface area contributed by atoms with Gasteiger partial charge >= 0.3 is 5.97 Å². The molecule has 0 aromatic heterocycles. The molecule has 2 N–H and O–H groups in total. The number of nitrogens with one attached hydrogen (secondary N) is 1. The van der Waals surface area contributed by atoms with Crippen LogP contribution < -0.4 is 10.1 Å². The lowest BCUT2D eigenvalue weighted by atomic mass is 9.72. The van der Waals surface area contributed by atoms with Crippen LogP contribution >= 0.6 is 0 Å². The largest absolute Gasteiger partial charge is 0.496 e. The summed E-state index contributed by atoms with van der Waals surface area (Å²) in [4.78, 5) is 28.3. The Morgan fingerprint density at radius 2 is 1.69 bits per heavy atom. The minimum absolute atomic E-state index is 0.0520. The highest BCUT2D eigenvalue weighted by Crippen LogP contribution is 2.50. The van der Waals surface area contributed by atoms with Gasteiger partial charge in [-0.15, -0.1) is 0 Å². The number of alkyl halides is 1. The van der Waals surface area contributed by atoms with Gasteiger partial charge in [0, 0.05) is 30.0 Å². The molecule has 1 heterocycles. The van der Waals surface area contributed by atoms with Gasteiger partial charge in [0.05, 0.1) is 13.2 Å². The minimum atomic E-state index is -1.04. The average molecular weight is 539 g/mol. The number of aliphatic carboxylic acids is 1. The zero-order valence-electron chi connectivity index (χ0n) is 24.2. The van der Waals surface area contributed by atoms with E-state index in [1.807, 2.05) is 57.2 Å². The summed E-state index contributed by atoms with van der Waals surface area (Å²) in [5.41, 5.74) is 2.52. The monoisotopic (exact) mass is 538 g/mol. The van der Waals surface area contributed by atoms with Crippen LogP contribution in [0.2, 0.25) is 0 Å². The molecule has 1 amide bonds. The molecule has 2 aromatic carbocycles. The topological polar surface area (TPSA) is 78.9 Å². The van der Waals surface area contributed by atoms with Gasteiger partial charge in [-0.25, -0.2) is 9.18 Å². The fraction of sp³-hybridized carbons (Fsp3) is 0.562. The van der Waals surface area contributed by atoms with E-state index >= 15 is 0 Å². The Morgan fingerprint density at radius 1 is 1.05 bits per heavy atom. The van der Waals surface area contributed by atoms with Crippen molar-refractivity contribution in [2.45, 2.75) is 90.6 Å². The highest BCUT2D eigenvalue weighted by molar-refractivity contribution is 5.87. The van der Waals surface area contributed by atoms with Crippen molar-refractivity contribution in [1.82, 2.24) is 10.2 Å². The normalized spacial score (nSPS) is 27.2. The Balaban J connectivity index is 1.80. The number of rotatable bonds is 7. The summed E-state index contributed by atoms with van der Waals surface area (Å²) in [6.07, 6.45) is -0.703. The van der Waals surface area contributed by atoms with Crippen molar-refractivity contribution < 1.29 is 23.8 Å². The van der Waals surface area contributed by atoms with E-state index in [2.05, 4.69) is 38.2 Å². The first-order valence-corrected chi connectivity index (χ1v) is 13.9. The molecular weight excluding hydrogens is 495 g/mol. The summed E-state index contributed by atoms with van der Waals surface area (Å²) >= 11 is 0. The standard InChI is InChI=1S/C32H43FN2O4/c1-31(2,3)22-13-14-24(39-7)21(15-22)18-34-26-25(32(4,5)6)28(30(37)38)35(29(36)20-16-23(33)17-20)27(26)19-11-9-8-10-12-19/h8-15,20,23,25-28,34H,16-18H2,1-7H3,(H,37,38)/t20?,23?,25-,26-,27-,28-/m0/s1. The molecule has 2 aliphatic rings. The SMILES string of the molecule is COc1ccc(C(C)(C)C)cc1CN[C@H]1[C@H](C(C)(C)C)[C@@H](C(=O)O)N(C(=O)C2CC(F)C2)[C@H]1c1ccccc1. The third-order valence-electron chi connectivity index (χ3n) is 8.42. The van der Waals surface area contributed by atoms with Crippen LogP contribution in [0.4, 0.5) is 4.39 Å². The lowest BCUT2D eigenvalue weighted by molar-refractivity contribution is -0.156. The maximum absolute atomic E-state index is 13.9. The van der Waals surface area contributed by atoms with Crippen LogP contribution in [0.3, 0.4) is 0 Å². The Morgan fingerprint density at radius 3 is 2.21 bits per heavy atom. The molecule has 4 atom stereocenters. The first-order valence-electron chi connectivity index (χ1n) is 13.9. The van der Waals surface area contributed by atoms with Gasteiger partial charge < -0.3 is 20.1 Å². The first kappa shape index (κ1) is 29.1. The van der Waals surface area contributed by atoms with Gasteiger partial charge in [-0.1, -0.05) is 84.0 Å². The fourth-order valence-corrected chi connectivity index (χ4v) is 6.30. The maximum atomic E-state index is 13.9. The molecule has 0 spiro atoms. The Hall–Kier alpha value is -2.93. The number of nitrogens with zero attached hydrogens (tertiary/aromatic N) is 1. The van der Waals surface area contributed by atoms with Gasteiger partial charge in [0.25, 0.3) is 0 Å². The van der Waals surface area contributed by atoms with Gasteiger partial charge in [-0.2, -0.15) is 0 Å². The number of carboxylic acids is 1. The molecule has 0 bridgehead atoms. The minimum Gasteiger partial charge on any atom is -0.496 e. The lowest BCUT2D eigenvalue weighted by Crippen LogP contribution is -2.51. The molecule has 2 fully saturated rings. The van der Waals surface area contributed by atoms with E-state index in [9.17, 15) is 19.1 Å². The number of halogens is 1. The van der Waals surface area contributed by atoms with Gasteiger partial charge in [-0.3, -0.25) is 4.79 Å².